The number of ether oxygens (including phenoxy) is 1. The number of benzene rings is 2. The van der Waals surface area contributed by atoms with E-state index < -0.39 is 5.63 Å². The van der Waals surface area contributed by atoms with Gasteiger partial charge in [0, 0.05) is 12.4 Å². The number of hydrogen-bond acceptors (Lipinski definition) is 4. The molecular weight excluding hydrogens is 318 g/mol. The Hall–Kier alpha value is -3.08. The van der Waals surface area contributed by atoms with Crippen molar-refractivity contribution >= 4 is 16.9 Å². The number of aryl methyl sites for hydroxylation is 1. The number of carbonyl (C=O) groups is 1. The number of para-hydroxylation sites is 2. The van der Waals surface area contributed by atoms with Crippen molar-refractivity contribution < 1.29 is 13.9 Å². The molecule has 25 heavy (non-hydrogen) atoms. The van der Waals surface area contributed by atoms with Crippen molar-refractivity contribution in [1.82, 2.24) is 4.90 Å². The maximum absolute atomic E-state index is 12.5. The molecule has 1 amide bonds. The van der Waals surface area contributed by atoms with Crippen LogP contribution < -0.4 is 10.4 Å². The third-order valence-electron chi connectivity index (χ3n) is 4.00. The summed E-state index contributed by atoms with van der Waals surface area (Å²) in [6, 6.07) is 16.4. The molecule has 1 heterocycles. The Labute approximate surface area is 145 Å². The maximum atomic E-state index is 12.5. The Bertz CT molecular complexity index is 961. The van der Waals surface area contributed by atoms with Gasteiger partial charge in [0.2, 0.25) is 0 Å². The number of rotatable bonds is 5. The van der Waals surface area contributed by atoms with E-state index in [1.807, 2.05) is 37.3 Å². The molecule has 1 aromatic heterocycles. The Kier molecular flexibility index (Phi) is 4.84. The molecule has 0 aliphatic heterocycles. The van der Waals surface area contributed by atoms with E-state index in [9.17, 15) is 9.59 Å². The highest BCUT2D eigenvalue weighted by molar-refractivity contribution is 5.96. The second kappa shape index (κ2) is 7.21. The van der Waals surface area contributed by atoms with Crippen LogP contribution in [-0.2, 0) is 0 Å². The first-order valence-corrected chi connectivity index (χ1v) is 8.03. The summed E-state index contributed by atoms with van der Waals surface area (Å²) < 4.78 is 10.9. The van der Waals surface area contributed by atoms with Gasteiger partial charge < -0.3 is 14.1 Å². The summed E-state index contributed by atoms with van der Waals surface area (Å²) in [5.74, 6) is 0.404. The normalized spacial score (nSPS) is 10.6. The average Bonchev–Trinajstić information content (AvgIpc) is 2.62. The minimum atomic E-state index is -0.629. The van der Waals surface area contributed by atoms with Crippen molar-refractivity contribution in [3.63, 3.8) is 0 Å². The van der Waals surface area contributed by atoms with E-state index >= 15 is 0 Å². The zero-order chi connectivity index (χ0) is 17.8. The second-order valence-electron chi connectivity index (χ2n) is 5.83. The molecule has 0 atom stereocenters. The standard InChI is InChI=1S/C20H19NO4/c1-14-7-3-5-9-17(14)24-12-11-21(2)19(22)16-13-15-8-4-6-10-18(15)25-20(16)23/h3-10,13H,11-12H2,1-2H3. The molecule has 0 bridgehead atoms. The lowest BCUT2D eigenvalue weighted by Crippen LogP contribution is -2.33. The summed E-state index contributed by atoms with van der Waals surface area (Å²) in [5.41, 5.74) is 0.897. The average molecular weight is 337 g/mol. The molecule has 2 aromatic carbocycles. The summed E-state index contributed by atoms with van der Waals surface area (Å²) in [6.45, 7) is 2.66. The van der Waals surface area contributed by atoms with Gasteiger partial charge in [-0.25, -0.2) is 4.79 Å². The highest BCUT2D eigenvalue weighted by atomic mass is 16.5. The Morgan fingerprint density at radius 2 is 1.84 bits per heavy atom. The van der Waals surface area contributed by atoms with Crippen molar-refractivity contribution in [2.75, 3.05) is 20.2 Å². The Morgan fingerprint density at radius 3 is 2.64 bits per heavy atom. The zero-order valence-electron chi connectivity index (χ0n) is 14.2. The van der Waals surface area contributed by atoms with Gasteiger partial charge in [0.15, 0.2) is 0 Å². The van der Waals surface area contributed by atoms with E-state index in [1.54, 1.807) is 31.3 Å². The van der Waals surface area contributed by atoms with Crippen LogP contribution in [0.15, 0.2) is 63.8 Å². The topological polar surface area (TPSA) is 59.8 Å². The minimum absolute atomic E-state index is 0.0251. The van der Waals surface area contributed by atoms with Crippen LogP contribution in [0.2, 0.25) is 0 Å². The molecule has 0 saturated carbocycles. The van der Waals surface area contributed by atoms with Crippen LogP contribution in [0, 0.1) is 6.92 Å². The van der Waals surface area contributed by atoms with Gasteiger partial charge in [0.1, 0.15) is 23.5 Å². The molecular formula is C20H19NO4. The SMILES string of the molecule is Cc1ccccc1OCCN(C)C(=O)c1cc2ccccc2oc1=O. The van der Waals surface area contributed by atoms with E-state index in [0.717, 1.165) is 16.7 Å². The summed E-state index contributed by atoms with van der Waals surface area (Å²) >= 11 is 0. The van der Waals surface area contributed by atoms with Crippen molar-refractivity contribution in [2.45, 2.75) is 6.92 Å². The van der Waals surface area contributed by atoms with Crippen LogP contribution in [0.4, 0.5) is 0 Å². The van der Waals surface area contributed by atoms with Crippen LogP contribution >= 0.6 is 0 Å². The lowest BCUT2D eigenvalue weighted by atomic mass is 10.1. The van der Waals surface area contributed by atoms with Crippen LogP contribution in [-0.4, -0.2) is 31.0 Å². The predicted molar refractivity (Wildman–Crippen MR) is 96.1 cm³/mol. The van der Waals surface area contributed by atoms with Gasteiger partial charge >= 0.3 is 5.63 Å². The molecule has 0 radical (unpaired) electrons. The van der Waals surface area contributed by atoms with E-state index in [-0.39, 0.29) is 11.5 Å². The van der Waals surface area contributed by atoms with E-state index in [0.29, 0.717) is 18.7 Å². The van der Waals surface area contributed by atoms with E-state index in [4.69, 9.17) is 9.15 Å². The maximum Gasteiger partial charge on any atom is 0.349 e. The number of amides is 1. The molecule has 0 aliphatic rings. The van der Waals surface area contributed by atoms with Gasteiger partial charge in [0.05, 0.1) is 6.54 Å². The molecule has 0 fully saturated rings. The van der Waals surface area contributed by atoms with Crippen molar-refractivity contribution in [1.29, 1.82) is 0 Å². The molecule has 0 N–H and O–H groups in total. The van der Waals surface area contributed by atoms with Crippen LogP contribution in [0.25, 0.3) is 11.0 Å². The van der Waals surface area contributed by atoms with Crippen LogP contribution in [0.5, 0.6) is 5.75 Å². The van der Waals surface area contributed by atoms with Gasteiger partial charge in [-0.1, -0.05) is 36.4 Å². The molecule has 5 nitrogen and oxygen atoms in total. The first kappa shape index (κ1) is 16.8. The Balaban J connectivity index is 1.69. The third-order valence-corrected chi connectivity index (χ3v) is 4.00. The quantitative estimate of drug-likeness (QED) is 0.671. The van der Waals surface area contributed by atoms with Crippen molar-refractivity contribution in [3.05, 3.63) is 76.1 Å². The van der Waals surface area contributed by atoms with Gasteiger partial charge in [-0.05, 0) is 30.7 Å². The predicted octanol–water partition coefficient (Wildman–Crippen LogP) is 3.25. The van der Waals surface area contributed by atoms with Crippen molar-refractivity contribution in [3.8, 4) is 5.75 Å². The minimum Gasteiger partial charge on any atom is -0.491 e. The summed E-state index contributed by atoms with van der Waals surface area (Å²) in [7, 11) is 1.64. The summed E-state index contributed by atoms with van der Waals surface area (Å²) in [6.07, 6.45) is 0. The fourth-order valence-corrected chi connectivity index (χ4v) is 2.53. The molecule has 3 rings (SSSR count). The summed E-state index contributed by atoms with van der Waals surface area (Å²) in [4.78, 5) is 26.1. The lowest BCUT2D eigenvalue weighted by molar-refractivity contribution is 0.0769. The second-order valence-corrected chi connectivity index (χ2v) is 5.83. The number of carbonyl (C=O) groups excluding carboxylic acids is 1. The van der Waals surface area contributed by atoms with Gasteiger partial charge in [-0.15, -0.1) is 0 Å². The van der Waals surface area contributed by atoms with Gasteiger partial charge in [0.25, 0.3) is 5.91 Å². The first-order chi connectivity index (χ1) is 12.1. The monoisotopic (exact) mass is 337 g/mol. The lowest BCUT2D eigenvalue weighted by Gasteiger charge is -2.17. The molecule has 0 aliphatic carbocycles. The largest absolute Gasteiger partial charge is 0.491 e. The molecule has 128 valence electrons. The molecule has 0 spiro atoms. The molecule has 5 heteroatoms. The number of likely N-dealkylation sites (N-methyl/N-ethyl adjacent to an activating group) is 1. The first-order valence-electron chi connectivity index (χ1n) is 8.03. The molecule has 0 saturated heterocycles. The number of fused-ring (bicyclic) bond motifs is 1. The molecule has 3 aromatic rings. The van der Waals surface area contributed by atoms with Gasteiger partial charge in [-0.3, -0.25) is 4.79 Å². The van der Waals surface area contributed by atoms with Crippen LogP contribution in [0.3, 0.4) is 0 Å². The highest BCUT2D eigenvalue weighted by Crippen LogP contribution is 2.16. The fraction of sp³-hybridized carbons (Fsp3) is 0.200. The van der Waals surface area contributed by atoms with E-state index in [1.165, 1.54) is 4.90 Å². The number of hydrogen-bond donors (Lipinski definition) is 0. The van der Waals surface area contributed by atoms with Gasteiger partial charge in [-0.2, -0.15) is 0 Å². The third kappa shape index (κ3) is 3.71. The smallest absolute Gasteiger partial charge is 0.349 e. The van der Waals surface area contributed by atoms with E-state index in [2.05, 4.69) is 0 Å². The van der Waals surface area contributed by atoms with Crippen LogP contribution in [0.1, 0.15) is 15.9 Å². The number of nitrogens with zero attached hydrogens (tertiary/aromatic N) is 1. The molecule has 0 unspecified atom stereocenters. The highest BCUT2D eigenvalue weighted by Gasteiger charge is 2.17. The fourth-order valence-electron chi connectivity index (χ4n) is 2.53. The summed E-state index contributed by atoms with van der Waals surface area (Å²) in [5, 5.41) is 0.718. The Morgan fingerprint density at radius 1 is 1.12 bits per heavy atom. The van der Waals surface area contributed by atoms with Crippen molar-refractivity contribution in [2.24, 2.45) is 0 Å². The zero-order valence-corrected chi connectivity index (χ0v) is 14.2.